The van der Waals surface area contributed by atoms with Crippen LogP contribution < -0.4 is 4.90 Å². The van der Waals surface area contributed by atoms with Gasteiger partial charge in [0, 0.05) is 23.0 Å². The summed E-state index contributed by atoms with van der Waals surface area (Å²) < 4.78 is 0.396. The van der Waals surface area contributed by atoms with Crippen LogP contribution in [0.3, 0.4) is 0 Å². The summed E-state index contributed by atoms with van der Waals surface area (Å²) in [5, 5.41) is -0.210. The van der Waals surface area contributed by atoms with Gasteiger partial charge in [-0.15, -0.1) is 11.3 Å². The summed E-state index contributed by atoms with van der Waals surface area (Å²) in [7, 11) is 0. The van der Waals surface area contributed by atoms with E-state index in [4.69, 9.17) is 11.6 Å². The Hall–Kier alpha value is -3.00. The monoisotopic (exact) mass is 493 g/mol. The molecule has 1 atom stereocenters. The number of benzene rings is 2. The second-order valence-electron chi connectivity index (χ2n) is 7.13. The fourth-order valence-electron chi connectivity index (χ4n) is 3.29. The molecule has 5 nitrogen and oxygen atoms in total. The Morgan fingerprint density at radius 2 is 1.64 bits per heavy atom. The molecule has 0 spiro atoms. The lowest BCUT2D eigenvalue weighted by molar-refractivity contribution is -0.125. The van der Waals surface area contributed by atoms with E-state index in [1.54, 1.807) is 24.5 Å². The predicted molar refractivity (Wildman–Crippen MR) is 134 cm³/mol. The standard InChI is InChI=1S/C25H20ClN3O2S2/c26-25-28-15-20(33-25)16-29(21-13-7-8-14-27-21)23(30)22(19-11-5-2-6-12-19)24(31)32-17-18-9-3-1-4-10-18/h1-15,22H,16-17H2. The van der Waals surface area contributed by atoms with Crippen molar-refractivity contribution in [3.05, 3.63) is 112 Å². The summed E-state index contributed by atoms with van der Waals surface area (Å²) in [6.07, 6.45) is 3.26. The van der Waals surface area contributed by atoms with E-state index in [2.05, 4.69) is 9.97 Å². The van der Waals surface area contributed by atoms with Crippen molar-refractivity contribution in [3.63, 3.8) is 0 Å². The molecular formula is C25H20ClN3O2S2. The van der Waals surface area contributed by atoms with Gasteiger partial charge in [0.2, 0.25) is 11.0 Å². The van der Waals surface area contributed by atoms with Gasteiger partial charge < -0.3 is 0 Å². The fourth-order valence-corrected chi connectivity index (χ4v) is 5.16. The van der Waals surface area contributed by atoms with Crippen molar-refractivity contribution in [2.24, 2.45) is 0 Å². The maximum atomic E-state index is 13.9. The Kier molecular flexibility index (Phi) is 7.88. The minimum absolute atomic E-state index is 0.210. The van der Waals surface area contributed by atoms with Crippen LogP contribution in [0.1, 0.15) is 21.9 Å². The summed E-state index contributed by atoms with van der Waals surface area (Å²) in [6.45, 7) is 0.222. The zero-order valence-corrected chi connectivity index (χ0v) is 19.9. The van der Waals surface area contributed by atoms with Gasteiger partial charge in [0.1, 0.15) is 11.7 Å². The molecule has 1 amide bonds. The highest BCUT2D eigenvalue weighted by Gasteiger charge is 2.34. The highest BCUT2D eigenvalue weighted by Crippen LogP contribution is 2.30. The number of carbonyl (C=O) groups excluding carboxylic acids is 2. The number of hydrogen-bond acceptors (Lipinski definition) is 6. The van der Waals surface area contributed by atoms with E-state index < -0.39 is 5.92 Å². The Labute approximate surface area is 205 Å². The van der Waals surface area contributed by atoms with Gasteiger partial charge in [0.25, 0.3) is 0 Å². The second-order valence-corrected chi connectivity index (χ2v) is 9.81. The molecule has 0 aliphatic heterocycles. The lowest BCUT2D eigenvalue weighted by atomic mass is 9.98. The lowest BCUT2D eigenvalue weighted by Crippen LogP contribution is -2.37. The van der Waals surface area contributed by atoms with Crippen molar-refractivity contribution in [2.45, 2.75) is 18.2 Å². The van der Waals surface area contributed by atoms with Gasteiger partial charge in [0.15, 0.2) is 4.47 Å². The van der Waals surface area contributed by atoms with Crippen LogP contribution in [0.4, 0.5) is 5.82 Å². The summed E-state index contributed by atoms with van der Waals surface area (Å²) in [5.41, 5.74) is 1.67. The zero-order chi connectivity index (χ0) is 23.0. The topological polar surface area (TPSA) is 63.2 Å². The molecule has 1 unspecified atom stereocenters. The number of hydrogen-bond donors (Lipinski definition) is 0. The van der Waals surface area contributed by atoms with E-state index in [0.29, 0.717) is 21.6 Å². The molecule has 8 heteroatoms. The Morgan fingerprint density at radius 3 is 2.27 bits per heavy atom. The third kappa shape index (κ3) is 6.07. The van der Waals surface area contributed by atoms with Crippen LogP contribution in [0.5, 0.6) is 0 Å². The number of pyridine rings is 1. The molecule has 2 heterocycles. The van der Waals surface area contributed by atoms with Gasteiger partial charge in [-0.1, -0.05) is 90.1 Å². The number of thiazole rings is 1. The molecule has 2 aromatic heterocycles. The lowest BCUT2D eigenvalue weighted by Gasteiger charge is -2.25. The molecule has 4 rings (SSSR count). The highest BCUT2D eigenvalue weighted by molar-refractivity contribution is 8.13. The number of aromatic nitrogens is 2. The highest BCUT2D eigenvalue weighted by atomic mass is 35.5. The van der Waals surface area contributed by atoms with Crippen LogP contribution >= 0.6 is 34.7 Å². The molecule has 0 saturated heterocycles. The fraction of sp³-hybridized carbons (Fsp3) is 0.120. The van der Waals surface area contributed by atoms with E-state index in [9.17, 15) is 9.59 Å². The Balaban J connectivity index is 1.65. The third-order valence-electron chi connectivity index (χ3n) is 4.87. The van der Waals surface area contributed by atoms with Crippen LogP contribution in [0.15, 0.2) is 91.3 Å². The Morgan fingerprint density at radius 1 is 0.939 bits per heavy atom. The van der Waals surface area contributed by atoms with Crippen LogP contribution in [0.25, 0.3) is 0 Å². The smallest absolute Gasteiger partial charge is 0.244 e. The molecule has 0 aliphatic carbocycles. The predicted octanol–water partition coefficient (Wildman–Crippen LogP) is 5.97. The van der Waals surface area contributed by atoms with Gasteiger partial charge in [0.05, 0.1) is 6.54 Å². The van der Waals surface area contributed by atoms with Gasteiger partial charge in [-0.25, -0.2) is 9.97 Å². The molecule has 0 aliphatic rings. The maximum Gasteiger partial charge on any atom is 0.244 e. The molecule has 0 bridgehead atoms. The number of halogens is 1. The average molecular weight is 494 g/mol. The van der Waals surface area contributed by atoms with Gasteiger partial charge in [-0.2, -0.15) is 0 Å². The average Bonchev–Trinajstić information content (AvgIpc) is 3.28. The number of rotatable bonds is 8. The van der Waals surface area contributed by atoms with Crippen molar-refractivity contribution in [1.29, 1.82) is 0 Å². The van der Waals surface area contributed by atoms with E-state index >= 15 is 0 Å². The van der Waals surface area contributed by atoms with Gasteiger partial charge in [-0.05, 0) is 23.3 Å². The molecule has 0 fully saturated rings. The first kappa shape index (κ1) is 23.2. The maximum absolute atomic E-state index is 13.9. The van der Waals surface area contributed by atoms with Crippen LogP contribution in [-0.4, -0.2) is 21.0 Å². The van der Waals surface area contributed by atoms with Crippen molar-refractivity contribution in [3.8, 4) is 0 Å². The van der Waals surface area contributed by atoms with E-state index in [-0.39, 0.29) is 17.6 Å². The molecule has 33 heavy (non-hydrogen) atoms. The molecule has 2 aromatic carbocycles. The summed E-state index contributed by atoms with van der Waals surface area (Å²) in [4.78, 5) is 38.1. The van der Waals surface area contributed by atoms with Crippen molar-refractivity contribution in [2.75, 3.05) is 4.90 Å². The summed E-state index contributed by atoms with van der Waals surface area (Å²) in [6, 6.07) is 24.2. The second kappa shape index (κ2) is 11.2. The largest absolute Gasteiger partial charge is 0.290 e. The SMILES string of the molecule is O=C(SCc1ccccc1)C(C(=O)N(Cc1cnc(Cl)s1)c1ccccn1)c1ccccc1. The minimum Gasteiger partial charge on any atom is -0.290 e. The number of carbonyl (C=O) groups is 2. The van der Waals surface area contributed by atoms with Crippen molar-refractivity contribution < 1.29 is 9.59 Å². The number of amides is 1. The molecule has 0 saturated carbocycles. The van der Waals surface area contributed by atoms with Crippen LogP contribution in [0, 0.1) is 0 Å². The zero-order valence-electron chi connectivity index (χ0n) is 17.5. The molecule has 166 valence electrons. The molecule has 0 N–H and O–H groups in total. The molecular weight excluding hydrogens is 474 g/mol. The van der Waals surface area contributed by atoms with E-state index in [1.165, 1.54) is 16.2 Å². The van der Waals surface area contributed by atoms with Gasteiger partial charge >= 0.3 is 0 Å². The molecule has 0 radical (unpaired) electrons. The van der Waals surface area contributed by atoms with E-state index in [1.807, 2.05) is 66.7 Å². The summed E-state index contributed by atoms with van der Waals surface area (Å²) in [5.74, 6) is -0.348. The normalized spacial score (nSPS) is 11.7. The molecule has 4 aromatic rings. The number of thioether (sulfide) groups is 1. The first-order valence-electron chi connectivity index (χ1n) is 10.2. The van der Waals surface area contributed by atoms with Crippen molar-refractivity contribution >= 4 is 51.5 Å². The first-order chi connectivity index (χ1) is 16.1. The van der Waals surface area contributed by atoms with Crippen LogP contribution in [0.2, 0.25) is 4.47 Å². The first-order valence-corrected chi connectivity index (χ1v) is 12.4. The number of nitrogens with zero attached hydrogens (tertiary/aromatic N) is 3. The van der Waals surface area contributed by atoms with Crippen LogP contribution in [-0.2, 0) is 21.9 Å². The van der Waals surface area contributed by atoms with Gasteiger partial charge in [-0.3, -0.25) is 14.5 Å². The Bertz CT molecular complexity index is 1200. The van der Waals surface area contributed by atoms with Crippen molar-refractivity contribution in [1.82, 2.24) is 9.97 Å². The number of anilines is 1. The minimum atomic E-state index is -0.967. The quantitative estimate of drug-likeness (QED) is 0.283. The summed E-state index contributed by atoms with van der Waals surface area (Å²) >= 11 is 8.45. The van der Waals surface area contributed by atoms with E-state index in [0.717, 1.165) is 22.2 Å². The third-order valence-corrected chi connectivity index (χ3v) is 6.97.